The van der Waals surface area contributed by atoms with Crippen molar-refractivity contribution in [2.24, 2.45) is 11.1 Å². The van der Waals surface area contributed by atoms with E-state index >= 15 is 0 Å². The fourth-order valence-electron chi connectivity index (χ4n) is 1.89. The number of hydrogen-bond donors (Lipinski definition) is 4. The number of phenolic OH excluding ortho intramolecular Hbond substituents is 2. The molecule has 0 saturated carbocycles. The summed E-state index contributed by atoms with van der Waals surface area (Å²) in [5.41, 5.74) is 6.16. The molecule has 5 N–H and O–H groups in total. The standard InChI is InChI=1S/C14H22N2O3/c1-14(2,3)7-9(15)8-16-13(19)11-5-4-10(17)6-12(11)18/h4-6,9,17-18H,7-8,15H2,1-3H3,(H,16,19). The monoisotopic (exact) mass is 266 g/mol. The molecule has 0 aromatic heterocycles. The van der Waals surface area contributed by atoms with Crippen LogP contribution in [-0.4, -0.2) is 28.7 Å². The summed E-state index contributed by atoms with van der Waals surface area (Å²) in [6, 6.07) is 3.71. The van der Waals surface area contributed by atoms with E-state index in [0.29, 0.717) is 6.54 Å². The number of phenols is 2. The zero-order valence-electron chi connectivity index (χ0n) is 11.6. The summed E-state index contributed by atoms with van der Waals surface area (Å²) in [5, 5.41) is 21.4. The molecule has 0 heterocycles. The van der Waals surface area contributed by atoms with Crippen LogP contribution in [0, 0.1) is 5.41 Å². The quantitative estimate of drug-likeness (QED) is 0.665. The molecule has 0 aliphatic heterocycles. The maximum Gasteiger partial charge on any atom is 0.255 e. The molecule has 1 aromatic rings. The molecule has 19 heavy (non-hydrogen) atoms. The van der Waals surface area contributed by atoms with Crippen LogP contribution < -0.4 is 11.1 Å². The van der Waals surface area contributed by atoms with Crippen LogP contribution in [0.15, 0.2) is 18.2 Å². The topological polar surface area (TPSA) is 95.6 Å². The third kappa shape index (κ3) is 5.18. The first-order valence-corrected chi connectivity index (χ1v) is 6.25. The van der Waals surface area contributed by atoms with Crippen LogP contribution in [0.3, 0.4) is 0 Å². The van der Waals surface area contributed by atoms with Gasteiger partial charge in [-0.2, -0.15) is 0 Å². The Bertz CT molecular complexity index is 452. The lowest BCUT2D eigenvalue weighted by atomic mass is 9.88. The zero-order valence-corrected chi connectivity index (χ0v) is 11.6. The zero-order chi connectivity index (χ0) is 14.6. The highest BCUT2D eigenvalue weighted by molar-refractivity contribution is 5.97. The van der Waals surface area contributed by atoms with Gasteiger partial charge < -0.3 is 21.3 Å². The number of hydrogen-bond acceptors (Lipinski definition) is 4. The molecule has 1 unspecified atom stereocenters. The van der Waals surface area contributed by atoms with E-state index in [-0.39, 0.29) is 28.5 Å². The molecule has 1 amide bonds. The Morgan fingerprint density at radius 2 is 2.00 bits per heavy atom. The molecule has 0 aliphatic carbocycles. The minimum absolute atomic E-state index is 0.0847. The van der Waals surface area contributed by atoms with E-state index in [9.17, 15) is 9.90 Å². The van der Waals surface area contributed by atoms with Gasteiger partial charge in [-0.15, -0.1) is 0 Å². The Balaban J connectivity index is 2.56. The van der Waals surface area contributed by atoms with Crippen LogP contribution in [0.2, 0.25) is 0 Å². The highest BCUT2D eigenvalue weighted by Gasteiger charge is 2.17. The number of carbonyl (C=O) groups is 1. The number of aromatic hydroxyl groups is 2. The summed E-state index contributed by atoms with van der Waals surface area (Å²) in [6.07, 6.45) is 0.787. The van der Waals surface area contributed by atoms with Crippen molar-refractivity contribution < 1.29 is 15.0 Å². The number of nitrogens with one attached hydrogen (secondary N) is 1. The van der Waals surface area contributed by atoms with E-state index in [2.05, 4.69) is 26.1 Å². The van der Waals surface area contributed by atoms with Crippen molar-refractivity contribution in [2.75, 3.05) is 6.54 Å². The van der Waals surface area contributed by atoms with Crippen LogP contribution in [0.25, 0.3) is 0 Å². The van der Waals surface area contributed by atoms with Crippen LogP contribution in [-0.2, 0) is 0 Å². The third-order valence-electron chi connectivity index (χ3n) is 2.63. The van der Waals surface area contributed by atoms with E-state index in [1.807, 2.05) is 0 Å². The maximum absolute atomic E-state index is 11.8. The molecule has 0 aliphatic rings. The Morgan fingerprint density at radius 1 is 1.37 bits per heavy atom. The number of rotatable bonds is 4. The Labute approximate surface area is 113 Å². The third-order valence-corrected chi connectivity index (χ3v) is 2.63. The summed E-state index contributed by atoms with van der Waals surface area (Å²) in [4.78, 5) is 11.8. The lowest BCUT2D eigenvalue weighted by molar-refractivity contribution is 0.0946. The Hall–Kier alpha value is -1.75. The van der Waals surface area contributed by atoms with Gasteiger partial charge in [0.2, 0.25) is 0 Å². The smallest absolute Gasteiger partial charge is 0.255 e. The van der Waals surface area contributed by atoms with Gasteiger partial charge in [0.15, 0.2) is 0 Å². The van der Waals surface area contributed by atoms with Crippen LogP contribution in [0.4, 0.5) is 0 Å². The Morgan fingerprint density at radius 3 is 2.53 bits per heavy atom. The first-order chi connectivity index (χ1) is 8.69. The van der Waals surface area contributed by atoms with Crippen molar-refractivity contribution in [3.05, 3.63) is 23.8 Å². The van der Waals surface area contributed by atoms with Gasteiger partial charge in [0.25, 0.3) is 5.91 Å². The summed E-state index contributed by atoms with van der Waals surface area (Å²) in [7, 11) is 0. The van der Waals surface area contributed by atoms with Crippen molar-refractivity contribution in [1.82, 2.24) is 5.32 Å². The van der Waals surface area contributed by atoms with Gasteiger partial charge >= 0.3 is 0 Å². The largest absolute Gasteiger partial charge is 0.508 e. The van der Waals surface area contributed by atoms with Crippen molar-refractivity contribution >= 4 is 5.91 Å². The molecule has 0 saturated heterocycles. The average molecular weight is 266 g/mol. The van der Waals surface area contributed by atoms with Crippen LogP contribution in [0.5, 0.6) is 11.5 Å². The minimum Gasteiger partial charge on any atom is -0.508 e. The van der Waals surface area contributed by atoms with E-state index in [0.717, 1.165) is 12.5 Å². The molecule has 0 fully saturated rings. The first kappa shape index (κ1) is 15.3. The van der Waals surface area contributed by atoms with Crippen LogP contribution >= 0.6 is 0 Å². The lowest BCUT2D eigenvalue weighted by Crippen LogP contribution is -2.39. The van der Waals surface area contributed by atoms with Gasteiger partial charge in [0.05, 0.1) is 5.56 Å². The Kier molecular flexibility index (Phi) is 4.78. The molecule has 1 atom stereocenters. The van der Waals surface area contributed by atoms with Gasteiger partial charge in [-0.3, -0.25) is 4.79 Å². The highest BCUT2D eigenvalue weighted by Crippen LogP contribution is 2.22. The second-order valence-corrected chi connectivity index (χ2v) is 5.94. The maximum atomic E-state index is 11.8. The van der Waals surface area contributed by atoms with E-state index in [1.165, 1.54) is 12.1 Å². The van der Waals surface area contributed by atoms with Crippen molar-refractivity contribution in [1.29, 1.82) is 0 Å². The lowest BCUT2D eigenvalue weighted by Gasteiger charge is -2.23. The van der Waals surface area contributed by atoms with Gasteiger partial charge in [-0.1, -0.05) is 20.8 Å². The van der Waals surface area contributed by atoms with Crippen molar-refractivity contribution in [3.8, 4) is 11.5 Å². The molecule has 106 valence electrons. The average Bonchev–Trinajstić information content (AvgIpc) is 2.23. The minimum atomic E-state index is -0.401. The molecule has 0 spiro atoms. The second-order valence-electron chi connectivity index (χ2n) is 5.94. The number of benzene rings is 1. The molecule has 1 rings (SSSR count). The van der Waals surface area contributed by atoms with E-state index in [4.69, 9.17) is 10.8 Å². The molecular formula is C14H22N2O3. The normalized spacial score (nSPS) is 13.1. The van der Waals surface area contributed by atoms with E-state index in [1.54, 1.807) is 0 Å². The molecular weight excluding hydrogens is 244 g/mol. The summed E-state index contributed by atoms with van der Waals surface area (Å²) in [6.45, 7) is 6.60. The molecule has 5 nitrogen and oxygen atoms in total. The van der Waals surface area contributed by atoms with Crippen molar-refractivity contribution in [2.45, 2.75) is 33.2 Å². The summed E-state index contributed by atoms with van der Waals surface area (Å²) < 4.78 is 0. The number of amides is 1. The van der Waals surface area contributed by atoms with Crippen molar-refractivity contribution in [3.63, 3.8) is 0 Å². The van der Waals surface area contributed by atoms with Crippen LogP contribution in [0.1, 0.15) is 37.6 Å². The predicted molar refractivity (Wildman–Crippen MR) is 74.2 cm³/mol. The van der Waals surface area contributed by atoms with Gasteiger partial charge in [-0.05, 0) is 24.0 Å². The number of nitrogens with two attached hydrogens (primary N) is 1. The molecule has 0 radical (unpaired) electrons. The van der Waals surface area contributed by atoms with E-state index < -0.39 is 5.91 Å². The molecule has 5 heteroatoms. The summed E-state index contributed by atoms with van der Waals surface area (Å²) in [5.74, 6) is -0.734. The summed E-state index contributed by atoms with van der Waals surface area (Å²) >= 11 is 0. The second kappa shape index (κ2) is 5.93. The first-order valence-electron chi connectivity index (χ1n) is 6.25. The van der Waals surface area contributed by atoms with Gasteiger partial charge in [-0.25, -0.2) is 0 Å². The fourth-order valence-corrected chi connectivity index (χ4v) is 1.89. The van der Waals surface area contributed by atoms with Gasteiger partial charge in [0.1, 0.15) is 11.5 Å². The molecule has 1 aromatic carbocycles. The molecule has 0 bridgehead atoms. The van der Waals surface area contributed by atoms with Gasteiger partial charge in [0, 0.05) is 18.7 Å². The highest BCUT2D eigenvalue weighted by atomic mass is 16.3. The number of carbonyl (C=O) groups excluding carboxylic acids is 1. The SMILES string of the molecule is CC(C)(C)CC(N)CNC(=O)c1ccc(O)cc1O. The fraction of sp³-hybridized carbons (Fsp3) is 0.500. The predicted octanol–water partition coefficient (Wildman–Crippen LogP) is 1.59.